The average molecular weight is 259 g/mol. The van der Waals surface area contributed by atoms with Gasteiger partial charge in [-0.2, -0.15) is 15.0 Å². The number of nitrogens with one attached hydrogen (secondary N) is 2. The third kappa shape index (κ3) is 4.30. The van der Waals surface area contributed by atoms with Crippen molar-refractivity contribution in [3.63, 3.8) is 0 Å². The SMILES string of the molecule is C#CCNc1nc(NC)nc(N(C)OC)n1.Cl. The lowest BCUT2D eigenvalue weighted by molar-refractivity contribution is 0.180. The topological polar surface area (TPSA) is 75.2 Å². The van der Waals surface area contributed by atoms with Crippen LogP contribution < -0.4 is 15.7 Å². The van der Waals surface area contributed by atoms with Gasteiger partial charge in [0.05, 0.1) is 13.7 Å². The van der Waals surface area contributed by atoms with Crippen molar-refractivity contribution < 1.29 is 4.84 Å². The van der Waals surface area contributed by atoms with E-state index in [0.29, 0.717) is 24.4 Å². The monoisotopic (exact) mass is 258 g/mol. The van der Waals surface area contributed by atoms with Crippen molar-refractivity contribution in [3.8, 4) is 12.3 Å². The third-order valence-electron chi connectivity index (χ3n) is 1.75. The molecule has 8 heteroatoms. The zero-order chi connectivity index (χ0) is 12.0. The van der Waals surface area contributed by atoms with E-state index in [4.69, 9.17) is 11.3 Å². The Bertz CT molecular complexity index is 394. The molecule has 0 amide bonds. The van der Waals surface area contributed by atoms with E-state index < -0.39 is 0 Å². The van der Waals surface area contributed by atoms with Gasteiger partial charge in [-0.25, -0.2) is 5.06 Å². The van der Waals surface area contributed by atoms with Gasteiger partial charge < -0.3 is 10.6 Å². The fourth-order valence-electron chi connectivity index (χ4n) is 0.908. The predicted molar refractivity (Wildman–Crippen MR) is 69.4 cm³/mol. The number of aromatic nitrogens is 3. The van der Waals surface area contributed by atoms with Gasteiger partial charge in [0, 0.05) is 14.1 Å². The van der Waals surface area contributed by atoms with Gasteiger partial charge in [0.25, 0.3) is 5.95 Å². The van der Waals surface area contributed by atoms with Crippen molar-refractivity contribution in [1.82, 2.24) is 15.0 Å². The Morgan fingerprint density at radius 3 is 2.53 bits per heavy atom. The van der Waals surface area contributed by atoms with Crippen LogP contribution in [0.4, 0.5) is 17.8 Å². The number of nitrogens with zero attached hydrogens (tertiary/aromatic N) is 4. The van der Waals surface area contributed by atoms with Gasteiger partial charge in [0.15, 0.2) is 0 Å². The van der Waals surface area contributed by atoms with Gasteiger partial charge in [0.1, 0.15) is 0 Å². The minimum absolute atomic E-state index is 0. The third-order valence-corrected chi connectivity index (χ3v) is 1.75. The molecule has 0 saturated carbocycles. The minimum Gasteiger partial charge on any atom is -0.357 e. The van der Waals surface area contributed by atoms with Crippen LogP contribution in [-0.4, -0.2) is 42.7 Å². The molecule has 1 heterocycles. The number of hydrogen-bond acceptors (Lipinski definition) is 7. The van der Waals surface area contributed by atoms with Gasteiger partial charge in [-0.1, -0.05) is 5.92 Å². The van der Waals surface area contributed by atoms with Crippen molar-refractivity contribution >= 4 is 30.3 Å². The lowest BCUT2D eigenvalue weighted by Crippen LogP contribution is -2.20. The first kappa shape index (κ1) is 15.2. The van der Waals surface area contributed by atoms with Gasteiger partial charge in [0.2, 0.25) is 11.9 Å². The molecule has 2 N–H and O–H groups in total. The molecule has 0 bridgehead atoms. The van der Waals surface area contributed by atoms with Crippen molar-refractivity contribution in [1.29, 1.82) is 0 Å². The van der Waals surface area contributed by atoms with E-state index in [2.05, 4.69) is 31.5 Å². The Balaban J connectivity index is 0.00000256. The van der Waals surface area contributed by atoms with Crippen LogP contribution >= 0.6 is 12.4 Å². The van der Waals surface area contributed by atoms with Crippen LogP contribution in [0.1, 0.15) is 0 Å². The van der Waals surface area contributed by atoms with Gasteiger partial charge >= 0.3 is 0 Å². The van der Waals surface area contributed by atoms with Crippen LogP contribution in [0.15, 0.2) is 0 Å². The predicted octanol–water partition coefficient (Wildman–Crippen LogP) is 0.378. The molecule has 0 aliphatic rings. The highest BCUT2D eigenvalue weighted by Crippen LogP contribution is 2.11. The second kappa shape index (κ2) is 7.49. The summed E-state index contributed by atoms with van der Waals surface area (Å²) in [6, 6.07) is 0. The second-order valence-corrected chi connectivity index (χ2v) is 2.77. The first-order valence-electron chi connectivity index (χ1n) is 4.60. The molecule has 0 radical (unpaired) electrons. The van der Waals surface area contributed by atoms with Crippen molar-refractivity contribution in [2.75, 3.05) is 43.4 Å². The maximum absolute atomic E-state index is 5.14. The Hall–Kier alpha value is -1.78. The molecule has 0 aliphatic heterocycles. The fourth-order valence-corrected chi connectivity index (χ4v) is 0.908. The lowest BCUT2D eigenvalue weighted by atomic mass is 10.6. The standard InChI is InChI=1S/C9H14N6O.ClH/c1-5-6-11-8-12-7(10-2)13-9(14-8)15(3)16-4;/h1H,6H2,2-4H3,(H2,10,11,12,13,14);1H. The van der Waals surface area contributed by atoms with E-state index in [1.54, 1.807) is 14.1 Å². The summed E-state index contributed by atoms with van der Waals surface area (Å²) in [6.07, 6.45) is 5.14. The molecular weight excluding hydrogens is 244 g/mol. The summed E-state index contributed by atoms with van der Waals surface area (Å²) < 4.78 is 0. The molecule has 0 aliphatic carbocycles. The number of terminal acetylenes is 1. The summed E-state index contributed by atoms with van der Waals surface area (Å²) in [4.78, 5) is 17.3. The van der Waals surface area contributed by atoms with Crippen LogP contribution in [0.25, 0.3) is 0 Å². The maximum Gasteiger partial charge on any atom is 0.256 e. The molecule has 0 saturated heterocycles. The summed E-state index contributed by atoms with van der Waals surface area (Å²) in [5.41, 5.74) is 0. The smallest absolute Gasteiger partial charge is 0.256 e. The van der Waals surface area contributed by atoms with Crippen LogP contribution in [-0.2, 0) is 4.84 Å². The number of anilines is 3. The van der Waals surface area contributed by atoms with Crippen molar-refractivity contribution in [2.45, 2.75) is 0 Å². The van der Waals surface area contributed by atoms with Gasteiger partial charge in [-0.15, -0.1) is 18.8 Å². The molecule has 94 valence electrons. The minimum atomic E-state index is 0. The molecule has 7 nitrogen and oxygen atoms in total. The molecule has 1 aromatic rings. The number of rotatable bonds is 5. The highest BCUT2D eigenvalue weighted by atomic mass is 35.5. The quantitative estimate of drug-likeness (QED) is 0.584. The molecular formula is C9H15ClN6O. The lowest BCUT2D eigenvalue weighted by Gasteiger charge is -2.14. The molecule has 1 aromatic heterocycles. The summed E-state index contributed by atoms with van der Waals surface area (Å²) >= 11 is 0. The Morgan fingerprint density at radius 1 is 1.35 bits per heavy atom. The molecule has 0 aromatic carbocycles. The first-order valence-corrected chi connectivity index (χ1v) is 4.60. The summed E-state index contributed by atoms with van der Waals surface area (Å²) in [6.45, 7) is 0.351. The normalized spacial score (nSPS) is 8.82. The number of halogens is 1. The number of hydroxylamine groups is 1. The Morgan fingerprint density at radius 2 is 2.00 bits per heavy atom. The van der Waals surface area contributed by atoms with Crippen LogP contribution in [0.5, 0.6) is 0 Å². The highest BCUT2D eigenvalue weighted by molar-refractivity contribution is 5.85. The maximum atomic E-state index is 5.14. The molecule has 0 unspecified atom stereocenters. The van der Waals surface area contributed by atoms with E-state index in [-0.39, 0.29) is 12.4 Å². The summed E-state index contributed by atoms with van der Waals surface area (Å²) in [7, 11) is 4.94. The molecule has 0 spiro atoms. The van der Waals surface area contributed by atoms with Crippen LogP contribution in [0, 0.1) is 12.3 Å². The van der Waals surface area contributed by atoms with Gasteiger partial charge in [-0.3, -0.25) is 4.84 Å². The van der Waals surface area contributed by atoms with Crippen molar-refractivity contribution in [3.05, 3.63) is 0 Å². The zero-order valence-electron chi connectivity index (χ0n) is 9.89. The van der Waals surface area contributed by atoms with E-state index in [1.165, 1.54) is 12.2 Å². The molecule has 1 rings (SSSR count). The molecule has 0 atom stereocenters. The van der Waals surface area contributed by atoms with E-state index in [1.807, 2.05) is 0 Å². The zero-order valence-corrected chi connectivity index (χ0v) is 10.7. The molecule has 17 heavy (non-hydrogen) atoms. The van der Waals surface area contributed by atoms with Crippen LogP contribution in [0.3, 0.4) is 0 Å². The summed E-state index contributed by atoms with van der Waals surface area (Å²) in [5.74, 6) is 3.67. The van der Waals surface area contributed by atoms with E-state index in [0.717, 1.165) is 0 Å². The Kier molecular flexibility index (Phi) is 6.70. The van der Waals surface area contributed by atoms with E-state index >= 15 is 0 Å². The van der Waals surface area contributed by atoms with Gasteiger partial charge in [-0.05, 0) is 0 Å². The first-order chi connectivity index (χ1) is 7.71. The molecule has 0 fully saturated rings. The largest absolute Gasteiger partial charge is 0.357 e. The van der Waals surface area contributed by atoms with Crippen LogP contribution in [0.2, 0.25) is 0 Å². The second-order valence-electron chi connectivity index (χ2n) is 2.77. The Labute approximate surface area is 106 Å². The highest BCUT2D eigenvalue weighted by Gasteiger charge is 2.08. The number of hydrogen-bond donors (Lipinski definition) is 2. The fraction of sp³-hybridized carbons (Fsp3) is 0.444. The summed E-state index contributed by atoms with van der Waals surface area (Å²) in [5, 5.41) is 7.12. The van der Waals surface area contributed by atoms with Crippen molar-refractivity contribution in [2.24, 2.45) is 0 Å². The average Bonchev–Trinajstić information content (AvgIpc) is 2.34. The van der Waals surface area contributed by atoms with E-state index in [9.17, 15) is 0 Å².